The number of aromatic nitrogens is 1. The lowest BCUT2D eigenvalue weighted by atomic mass is 10.2. The molecule has 0 radical (unpaired) electrons. The minimum absolute atomic E-state index is 0.0308. The highest BCUT2D eigenvalue weighted by Gasteiger charge is 2.27. The second-order valence-electron chi connectivity index (χ2n) is 4.13. The number of nitrogen functional groups attached to an aromatic ring is 1. The number of hydrogen-bond donors (Lipinski definition) is 3. The molecule has 0 bridgehead atoms. The van der Waals surface area contributed by atoms with Crippen molar-refractivity contribution >= 4 is 27.5 Å². The van der Waals surface area contributed by atoms with E-state index in [2.05, 4.69) is 20.0 Å². The molecule has 2 rings (SSSR count). The molecule has 8 nitrogen and oxygen atoms in total. The molecule has 0 spiro atoms. The summed E-state index contributed by atoms with van der Waals surface area (Å²) in [6.45, 7) is 0.0308. The molecule has 9 heteroatoms. The van der Waals surface area contributed by atoms with Gasteiger partial charge < -0.3 is 11.1 Å². The molecule has 19 heavy (non-hydrogen) atoms. The van der Waals surface area contributed by atoms with E-state index in [9.17, 15) is 13.2 Å². The Morgan fingerprint density at radius 1 is 1.47 bits per heavy atom. The van der Waals surface area contributed by atoms with Gasteiger partial charge in [0, 0.05) is 18.0 Å². The molecule has 1 atom stereocenters. The number of sulfonamides is 1. The summed E-state index contributed by atoms with van der Waals surface area (Å²) in [5.41, 5.74) is 6.61. The number of pyridine rings is 1. The standard InChI is InChI=1S/C10H13N5O3S/c1-19(17,18)15-8-5-13-9(14-10(8)16)6-2-7(11)4-12-3-6/h2-4,8,15H,5,11H2,1H3,(H,13,14,16). The molecule has 1 unspecified atom stereocenters. The predicted molar refractivity (Wildman–Crippen MR) is 70.0 cm³/mol. The Hall–Kier alpha value is -2.00. The maximum Gasteiger partial charge on any atom is 0.245 e. The Kier molecular flexibility index (Phi) is 3.49. The summed E-state index contributed by atoms with van der Waals surface area (Å²) in [7, 11) is -3.46. The quantitative estimate of drug-likeness (QED) is 0.619. The van der Waals surface area contributed by atoms with Crippen LogP contribution in [0.5, 0.6) is 0 Å². The third-order valence-electron chi connectivity index (χ3n) is 2.38. The molecule has 2 heterocycles. The fraction of sp³-hybridized carbons (Fsp3) is 0.300. The fourth-order valence-corrected chi connectivity index (χ4v) is 2.31. The SMILES string of the molecule is CS(=O)(=O)NC1CN=C(c2cncc(N)c2)NC1=O. The van der Waals surface area contributed by atoms with Crippen LogP contribution in [0.1, 0.15) is 5.56 Å². The lowest BCUT2D eigenvalue weighted by molar-refractivity contribution is -0.121. The second-order valence-corrected chi connectivity index (χ2v) is 5.91. The lowest BCUT2D eigenvalue weighted by Gasteiger charge is -2.21. The third kappa shape index (κ3) is 3.48. The average Bonchev–Trinajstić information content (AvgIpc) is 2.30. The van der Waals surface area contributed by atoms with Gasteiger partial charge in [-0.3, -0.25) is 14.8 Å². The van der Waals surface area contributed by atoms with Gasteiger partial charge >= 0.3 is 0 Å². The molecule has 1 aromatic rings. The maximum atomic E-state index is 11.8. The molecule has 1 aromatic heterocycles. The van der Waals surface area contributed by atoms with E-state index in [4.69, 9.17) is 5.73 Å². The van der Waals surface area contributed by atoms with Gasteiger partial charge in [-0.1, -0.05) is 0 Å². The van der Waals surface area contributed by atoms with Crippen LogP contribution < -0.4 is 15.8 Å². The van der Waals surface area contributed by atoms with Crippen LogP contribution in [0, 0.1) is 0 Å². The molecule has 102 valence electrons. The van der Waals surface area contributed by atoms with Crippen LogP contribution in [0.3, 0.4) is 0 Å². The average molecular weight is 283 g/mol. The number of nitrogens with two attached hydrogens (primary N) is 1. The van der Waals surface area contributed by atoms with E-state index in [1.807, 2.05) is 0 Å². The van der Waals surface area contributed by atoms with Gasteiger partial charge in [0.15, 0.2) is 0 Å². The van der Waals surface area contributed by atoms with E-state index in [0.29, 0.717) is 17.1 Å². The lowest BCUT2D eigenvalue weighted by Crippen LogP contribution is -2.53. The second kappa shape index (κ2) is 4.94. The Bertz CT molecular complexity index is 640. The van der Waals surface area contributed by atoms with Crippen LogP contribution in [0.15, 0.2) is 23.5 Å². The fourth-order valence-electron chi connectivity index (χ4n) is 1.61. The molecule has 1 amide bonds. The molecule has 1 aliphatic rings. The van der Waals surface area contributed by atoms with Gasteiger partial charge in [-0.15, -0.1) is 0 Å². The Balaban J connectivity index is 2.18. The number of rotatable bonds is 3. The van der Waals surface area contributed by atoms with Crippen LogP contribution in [0.2, 0.25) is 0 Å². The molecule has 0 aromatic carbocycles. The van der Waals surface area contributed by atoms with Crippen molar-refractivity contribution in [3.05, 3.63) is 24.0 Å². The third-order valence-corrected chi connectivity index (χ3v) is 3.09. The zero-order valence-corrected chi connectivity index (χ0v) is 10.9. The first kappa shape index (κ1) is 13.4. The minimum atomic E-state index is -3.46. The van der Waals surface area contributed by atoms with Gasteiger partial charge in [-0.25, -0.2) is 13.1 Å². The highest BCUT2D eigenvalue weighted by molar-refractivity contribution is 7.88. The first-order chi connectivity index (χ1) is 8.85. The summed E-state index contributed by atoms with van der Waals surface area (Å²) in [5, 5.41) is 2.52. The number of hydrogen-bond acceptors (Lipinski definition) is 6. The number of anilines is 1. The van der Waals surface area contributed by atoms with E-state index in [1.54, 1.807) is 6.07 Å². The number of amides is 1. The van der Waals surface area contributed by atoms with Gasteiger partial charge in [0.1, 0.15) is 11.9 Å². The van der Waals surface area contributed by atoms with Crippen molar-refractivity contribution in [3.63, 3.8) is 0 Å². The number of amidine groups is 1. The molecule has 0 saturated carbocycles. The van der Waals surface area contributed by atoms with E-state index in [-0.39, 0.29) is 6.54 Å². The van der Waals surface area contributed by atoms with E-state index in [1.165, 1.54) is 12.4 Å². The molecule has 0 fully saturated rings. The van der Waals surface area contributed by atoms with Gasteiger partial charge in [0.25, 0.3) is 0 Å². The van der Waals surface area contributed by atoms with E-state index < -0.39 is 22.0 Å². The Morgan fingerprint density at radius 2 is 2.21 bits per heavy atom. The van der Waals surface area contributed by atoms with Crippen molar-refractivity contribution in [1.82, 2.24) is 15.0 Å². The molecular weight excluding hydrogens is 270 g/mol. The van der Waals surface area contributed by atoms with Gasteiger partial charge in [-0.05, 0) is 6.07 Å². The monoisotopic (exact) mass is 283 g/mol. The van der Waals surface area contributed by atoms with Gasteiger partial charge in [0.2, 0.25) is 15.9 Å². The van der Waals surface area contributed by atoms with Crippen LogP contribution in [-0.2, 0) is 14.8 Å². The summed E-state index contributed by atoms with van der Waals surface area (Å²) in [6, 6.07) is 0.726. The summed E-state index contributed by atoms with van der Waals surface area (Å²) >= 11 is 0. The first-order valence-electron chi connectivity index (χ1n) is 5.39. The van der Waals surface area contributed by atoms with Crippen molar-refractivity contribution in [2.75, 3.05) is 18.5 Å². The number of aliphatic imine (C=N–C) groups is 1. The van der Waals surface area contributed by atoms with Crippen LogP contribution >= 0.6 is 0 Å². The Morgan fingerprint density at radius 3 is 2.79 bits per heavy atom. The summed E-state index contributed by atoms with van der Waals surface area (Å²) in [5.74, 6) is -0.130. The number of carbonyl (C=O) groups excluding carboxylic acids is 1. The summed E-state index contributed by atoms with van der Waals surface area (Å²) in [4.78, 5) is 19.8. The predicted octanol–water partition coefficient (Wildman–Crippen LogP) is -1.54. The summed E-state index contributed by atoms with van der Waals surface area (Å²) < 4.78 is 24.4. The summed E-state index contributed by atoms with van der Waals surface area (Å²) in [6.07, 6.45) is 3.98. The smallest absolute Gasteiger partial charge is 0.245 e. The molecule has 0 aliphatic carbocycles. The minimum Gasteiger partial charge on any atom is -0.397 e. The molecular formula is C10H13N5O3S. The first-order valence-corrected chi connectivity index (χ1v) is 7.28. The highest BCUT2D eigenvalue weighted by Crippen LogP contribution is 2.07. The number of carbonyl (C=O) groups is 1. The maximum absolute atomic E-state index is 11.8. The molecule has 0 saturated heterocycles. The largest absolute Gasteiger partial charge is 0.397 e. The van der Waals surface area contributed by atoms with Crippen molar-refractivity contribution in [3.8, 4) is 0 Å². The zero-order chi connectivity index (χ0) is 14.0. The van der Waals surface area contributed by atoms with Crippen LogP contribution in [-0.4, -0.2) is 44.0 Å². The van der Waals surface area contributed by atoms with Crippen LogP contribution in [0.25, 0.3) is 0 Å². The van der Waals surface area contributed by atoms with E-state index in [0.717, 1.165) is 6.26 Å². The van der Waals surface area contributed by atoms with Crippen molar-refractivity contribution in [2.45, 2.75) is 6.04 Å². The van der Waals surface area contributed by atoms with Gasteiger partial charge in [-0.2, -0.15) is 0 Å². The van der Waals surface area contributed by atoms with Crippen LogP contribution in [0.4, 0.5) is 5.69 Å². The zero-order valence-electron chi connectivity index (χ0n) is 10.1. The number of nitrogens with one attached hydrogen (secondary N) is 2. The van der Waals surface area contributed by atoms with Crippen molar-refractivity contribution in [2.24, 2.45) is 4.99 Å². The highest BCUT2D eigenvalue weighted by atomic mass is 32.2. The normalized spacial score (nSPS) is 19.7. The van der Waals surface area contributed by atoms with Crippen molar-refractivity contribution < 1.29 is 13.2 Å². The number of nitrogens with zero attached hydrogens (tertiary/aromatic N) is 2. The van der Waals surface area contributed by atoms with Crippen molar-refractivity contribution in [1.29, 1.82) is 0 Å². The van der Waals surface area contributed by atoms with E-state index >= 15 is 0 Å². The Labute approximate surface area is 110 Å². The molecule has 4 N–H and O–H groups in total. The topological polar surface area (TPSA) is 127 Å². The molecule has 1 aliphatic heterocycles. The van der Waals surface area contributed by atoms with Gasteiger partial charge in [0.05, 0.1) is 18.5 Å².